The number of rotatable bonds is 4. The van der Waals surface area contributed by atoms with E-state index in [2.05, 4.69) is 19.2 Å². The summed E-state index contributed by atoms with van der Waals surface area (Å²) >= 11 is 0. The van der Waals surface area contributed by atoms with Gasteiger partial charge in [-0.15, -0.1) is 0 Å². The summed E-state index contributed by atoms with van der Waals surface area (Å²) in [5.41, 5.74) is -0.392. The van der Waals surface area contributed by atoms with Crippen LogP contribution in [0.1, 0.15) is 53.9 Å². The fraction of sp³-hybridized carbons (Fsp3) is 0.867. The van der Waals surface area contributed by atoms with E-state index in [1.165, 1.54) is 0 Å². The predicted octanol–water partition coefficient (Wildman–Crippen LogP) is 1.94. The molecule has 1 saturated carbocycles. The topological polar surface area (TPSA) is 49.4 Å². The normalized spacial score (nSPS) is 37.2. The average Bonchev–Trinajstić information content (AvgIpc) is 2.93. The van der Waals surface area contributed by atoms with E-state index in [4.69, 9.17) is 0 Å². The van der Waals surface area contributed by atoms with Gasteiger partial charge in [-0.05, 0) is 37.5 Å². The first-order chi connectivity index (χ1) is 8.75. The molecule has 2 fully saturated rings. The first kappa shape index (κ1) is 14.4. The van der Waals surface area contributed by atoms with Gasteiger partial charge in [0.1, 0.15) is 11.6 Å². The standard InChI is InChI=1S/C15H26N2O2/c1-6-11-12(18)16-15(5,7-2)13(19)17(11)9-10-8-14(10,3)4/h10-11H,6-9H2,1-5H3,(H,16,18). The van der Waals surface area contributed by atoms with E-state index < -0.39 is 5.54 Å². The molecule has 4 nitrogen and oxygen atoms in total. The molecule has 0 radical (unpaired) electrons. The van der Waals surface area contributed by atoms with Crippen molar-refractivity contribution in [3.63, 3.8) is 0 Å². The number of carbonyl (C=O) groups is 2. The van der Waals surface area contributed by atoms with Crippen LogP contribution in [0.25, 0.3) is 0 Å². The summed E-state index contributed by atoms with van der Waals surface area (Å²) in [4.78, 5) is 26.7. The van der Waals surface area contributed by atoms with E-state index in [1.54, 1.807) is 0 Å². The molecule has 1 aliphatic carbocycles. The van der Waals surface area contributed by atoms with Gasteiger partial charge in [-0.3, -0.25) is 9.59 Å². The summed E-state index contributed by atoms with van der Waals surface area (Å²) in [5.74, 6) is 0.631. The lowest BCUT2D eigenvalue weighted by atomic mass is 9.90. The van der Waals surface area contributed by atoms with Crippen LogP contribution in [0.5, 0.6) is 0 Å². The molecule has 3 unspecified atom stereocenters. The Morgan fingerprint density at radius 1 is 1.26 bits per heavy atom. The molecule has 0 aromatic carbocycles. The van der Waals surface area contributed by atoms with Crippen molar-refractivity contribution in [1.29, 1.82) is 0 Å². The Kier molecular flexibility index (Phi) is 3.40. The molecule has 0 spiro atoms. The summed E-state index contributed by atoms with van der Waals surface area (Å²) in [7, 11) is 0. The highest BCUT2D eigenvalue weighted by molar-refractivity contribution is 5.99. The molecule has 4 heteroatoms. The smallest absolute Gasteiger partial charge is 0.248 e. The van der Waals surface area contributed by atoms with Gasteiger partial charge < -0.3 is 10.2 Å². The molecule has 3 atom stereocenters. The molecule has 2 amide bonds. The highest BCUT2D eigenvalue weighted by Crippen LogP contribution is 2.52. The average molecular weight is 266 g/mol. The predicted molar refractivity (Wildman–Crippen MR) is 74.5 cm³/mol. The number of nitrogens with zero attached hydrogens (tertiary/aromatic N) is 1. The molecular weight excluding hydrogens is 240 g/mol. The van der Waals surface area contributed by atoms with Crippen LogP contribution in [0.2, 0.25) is 0 Å². The zero-order chi connectivity index (χ0) is 14.4. The van der Waals surface area contributed by atoms with Gasteiger partial charge in [0.25, 0.3) is 0 Å². The second kappa shape index (κ2) is 4.50. The van der Waals surface area contributed by atoms with Gasteiger partial charge in [-0.1, -0.05) is 27.7 Å². The number of hydrogen-bond donors (Lipinski definition) is 1. The van der Waals surface area contributed by atoms with E-state index in [0.717, 1.165) is 13.0 Å². The number of carbonyl (C=O) groups excluding carboxylic acids is 2. The summed E-state index contributed by atoms with van der Waals surface area (Å²) in [6, 6.07) is -0.288. The third-order valence-electron chi connectivity index (χ3n) is 5.04. The van der Waals surface area contributed by atoms with Crippen LogP contribution < -0.4 is 5.32 Å². The Morgan fingerprint density at radius 2 is 1.84 bits per heavy atom. The summed E-state index contributed by atoms with van der Waals surface area (Å²) in [6.45, 7) is 10.9. The van der Waals surface area contributed by atoms with Crippen molar-refractivity contribution < 1.29 is 9.59 Å². The number of piperazine rings is 1. The Hall–Kier alpha value is -1.06. The highest BCUT2D eigenvalue weighted by atomic mass is 16.2. The van der Waals surface area contributed by atoms with Gasteiger partial charge in [0, 0.05) is 6.54 Å². The first-order valence-corrected chi connectivity index (χ1v) is 7.38. The van der Waals surface area contributed by atoms with Crippen LogP contribution in [0, 0.1) is 11.3 Å². The molecule has 1 aliphatic heterocycles. The van der Waals surface area contributed by atoms with E-state index in [0.29, 0.717) is 24.2 Å². The minimum atomic E-state index is -0.720. The lowest BCUT2D eigenvalue weighted by Crippen LogP contribution is -2.69. The van der Waals surface area contributed by atoms with Gasteiger partial charge in [-0.2, -0.15) is 0 Å². The van der Waals surface area contributed by atoms with Crippen molar-refractivity contribution in [2.45, 2.75) is 65.5 Å². The Morgan fingerprint density at radius 3 is 2.26 bits per heavy atom. The molecule has 0 bridgehead atoms. The van der Waals surface area contributed by atoms with Crippen LogP contribution in [0.15, 0.2) is 0 Å². The molecule has 0 aromatic rings. The Labute approximate surface area is 115 Å². The van der Waals surface area contributed by atoms with E-state index >= 15 is 0 Å². The molecule has 108 valence electrons. The largest absolute Gasteiger partial charge is 0.340 e. The number of hydrogen-bond acceptors (Lipinski definition) is 2. The van der Waals surface area contributed by atoms with E-state index in [1.807, 2.05) is 25.7 Å². The van der Waals surface area contributed by atoms with Gasteiger partial charge in [-0.25, -0.2) is 0 Å². The minimum Gasteiger partial charge on any atom is -0.340 e. The van der Waals surface area contributed by atoms with Crippen molar-refractivity contribution in [3.8, 4) is 0 Å². The fourth-order valence-corrected chi connectivity index (χ4v) is 2.99. The van der Waals surface area contributed by atoms with Crippen molar-refractivity contribution >= 4 is 11.8 Å². The summed E-state index contributed by atoms with van der Waals surface area (Å²) in [5, 5.41) is 2.91. The van der Waals surface area contributed by atoms with Crippen molar-refractivity contribution in [3.05, 3.63) is 0 Å². The molecule has 1 saturated heterocycles. The maximum atomic E-state index is 12.7. The molecule has 1 heterocycles. The van der Waals surface area contributed by atoms with Crippen LogP contribution in [0.4, 0.5) is 0 Å². The fourth-order valence-electron chi connectivity index (χ4n) is 2.99. The minimum absolute atomic E-state index is 0.00454. The van der Waals surface area contributed by atoms with Crippen molar-refractivity contribution in [1.82, 2.24) is 10.2 Å². The zero-order valence-electron chi connectivity index (χ0n) is 12.7. The second-order valence-corrected chi connectivity index (χ2v) is 6.95. The van der Waals surface area contributed by atoms with E-state index in [9.17, 15) is 9.59 Å². The summed E-state index contributed by atoms with van der Waals surface area (Å²) < 4.78 is 0. The highest BCUT2D eigenvalue weighted by Gasteiger charge is 2.52. The molecule has 2 aliphatic rings. The molecule has 19 heavy (non-hydrogen) atoms. The third-order valence-corrected chi connectivity index (χ3v) is 5.04. The van der Waals surface area contributed by atoms with E-state index in [-0.39, 0.29) is 17.9 Å². The molecular formula is C15H26N2O2. The van der Waals surface area contributed by atoms with Crippen LogP contribution >= 0.6 is 0 Å². The molecule has 1 N–H and O–H groups in total. The molecule has 0 aromatic heterocycles. The number of nitrogens with one attached hydrogen (secondary N) is 1. The monoisotopic (exact) mass is 266 g/mol. The zero-order valence-corrected chi connectivity index (χ0v) is 12.7. The summed E-state index contributed by atoms with van der Waals surface area (Å²) in [6.07, 6.45) is 2.47. The third kappa shape index (κ3) is 2.37. The molecule has 2 rings (SSSR count). The van der Waals surface area contributed by atoms with Crippen LogP contribution in [-0.2, 0) is 9.59 Å². The number of amides is 2. The Balaban J connectivity index is 2.20. The Bertz CT molecular complexity index is 405. The lowest BCUT2D eigenvalue weighted by Gasteiger charge is -2.44. The van der Waals surface area contributed by atoms with Crippen LogP contribution in [0.3, 0.4) is 0 Å². The lowest BCUT2D eigenvalue weighted by molar-refractivity contribution is -0.155. The maximum Gasteiger partial charge on any atom is 0.248 e. The van der Waals surface area contributed by atoms with Crippen molar-refractivity contribution in [2.75, 3.05) is 6.54 Å². The van der Waals surface area contributed by atoms with Crippen LogP contribution in [-0.4, -0.2) is 34.8 Å². The first-order valence-electron chi connectivity index (χ1n) is 7.38. The van der Waals surface area contributed by atoms with Gasteiger partial charge in [0.2, 0.25) is 11.8 Å². The quantitative estimate of drug-likeness (QED) is 0.845. The maximum absolute atomic E-state index is 12.7. The second-order valence-electron chi connectivity index (χ2n) is 6.95. The van der Waals surface area contributed by atoms with Gasteiger partial charge >= 0.3 is 0 Å². The SMILES string of the molecule is CCC1C(=O)NC(C)(CC)C(=O)N1CC1CC1(C)C. The van der Waals surface area contributed by atoms with Crippen molar-refractivity contribution in [2.24, 2.45) is 11.3 Å². The van der Waals surface area contributed by atoms with Gasteiger partial charge in [0.05, 0.1) is 0 Å². The van der Waals surface area contributed by atoms with Gasteiger partial charge in [0.15, 0.2) is 0 Å².